The quantitative estimate of drug-likeness (QED) is 0.189. The van der Waals surface area contributed by atoms with Crippen molar-refractivity contribution >= 4 is 20.4 Å². The summed E-state index contributed by atoms with van der Waals surface area (Å²) in [5, 5.41) is 2.95. The molecular formula is C24H47NO5Si. The molecule has 1 amide bonds. The minimum Gasteiger partial charge on any atom is -0.458 e. The highest BCUT2D eigenvalue weighted by Crippen LogP contribution is 2.37. The normalized spacial score (nSPS) is 15.5. The van der Waals surface area contributed by atoms with Gasteiger partial charge in [0.2, 0.25) is 0 Å². The summed E-state index contributed by atoms with van der Waals surface area (Å²) in [6.07, 6.45) is 4.42. The van der Waals surface area contributed by atoms with Gasteiger partial charge in [-0.1, -0.05) is 32.9 Å². The van der Waals surface area contributed by atoms with Crippen molar-refractivity contribution in [2.45, 2.75) is 123 Å². The van der Waals surface area contributed by atoms with E-state index in [1.54, 1.807) is 20.8 Å². The van der Waals surface area contributed by atoms with Crippen molar-refractivity contribution < 1.29 is 23.5 Å². The van der Waals surface area contributed by atoms with Crippen molar-refractivity contribution in [2.75, 3.05) is 6.61 Å². The molecule has 0 saturated heterocycles. The van der Waals surface area contributed by atoms with E-state index in [1.807, 2.05) is 39.8 Å². The summed E-state index contributed by atoms with van der Waals surface area (Å²) in [7, 11) is -1.90. The highest BCUT2D eigenvalue weighted by molar-refractivity contribution is 6.74. The Balaban J connectivity index is 5.68. The van der Waals surface area contributed by atoms with E-state index in [2.05, 4.69) is 39.2 Å². The lowest BCUT2D eigenvalue weighted by Gasteiger charge is -2.37. The number of hydrogen-bond acceptors (Lipinski definition) is 5. The van der Waals surface area contributed by atoms with E-state index >= 15 is 0 Å². The zero-order valence-corrected chi connectivity index (χ0v) is 23.0. The maximum Gasteiger partial charge on any atom is 0.408 e. The lowest BCUT2D eigenvalue weighted by Crippen LogP contribution is -2.57. The van der Waals surface area contributed by atoms with Crippen LogP contribution in [0.4, 0.5) is 4.79 Å². The van der Waals surface area contributed by atoms with Gasteiger partial charge in [0.25, 0.3) is 0 Å². The first-order chi connectivity index (χ1) is 13.7. The number of alkyl carbamates (subject to hydrolysis) is 1. The van der Waals surface area contributed by atoms with Gasteiger partial charge in [0.15, 0.2) is 8.32 Å². The fraction of sp³-hybridized carbons (Fsp3) is 0.833. The Labute approximate surface area is 191 Å². The molecule has 0 spiro atoms. The van der Waals surface area contributed by atoms with Crippen molar-refractivity contribution in [1.82, 2.24) is 5.32 Å². The maximum atomic E-state index is 13.3. The smallest absolute Gasteiger partial charge is 0.408 e. The summed E-state index contributed by atoms with van der Waals surface area (Å²) in [4.78, 5) is 25.9. The Morgan fingerprint density at radius 1 is 0.903 bits per heavy atom. The molecule has 0 saturated carbocycles. The van der Waals surface area contributed by atoms with E-state index in [1.165, 1.54) is 0 Å². The first-order valence-electron chi connectivity index (χ1n) is 11.2. The molecule has 0 aromatic rings. The molecule has 0 heterocycles. The summed E-state index contributed by atoms with van der Waals surface area (Å²) in [6.45, 7) is 24.2. The molecule has 0 aliphatic rings. The molecule has 1 unspecified atom stereocenters. The number of allylic oxidation sites excluding steroid dienone is 1. The van der Waals surface area contributed by atoms with E-state index in [-0.39, 0.29) is 5.04 Å². The second-order valence-electron chi connectivity index (χ2n) is 11.7. The van der Waals surface area contributed by atoms with Crippen LogP contribution in [0.3, 0.4) is 0 Å². The standard InChI is InChI=1S/C24H47NO5Si/c1-13-14-16-24(19(26)29-21(2,3)4,25-20(27)30-22(5,6)7)17-15-18-28-31(11,12)23(8,9)10/h13-14H,15-18H2,1-12H3,(H,25,27)/b14-13+. The summed E-state index contributed by atoms with van der Waals surface area (Å²) in [6, 6.07) is 0. The van der Waals surface area contributed by atoms with Crippen LogP contribution in [0.2, 0.25) is 18.1 Å². The van der Waals surface area contributed by atoms with Crippen LogP contribution in [0.5, 0.6) is 0 Å². The van der Waals surface area contributed by atoms with Crippen LogP contribution in [0.1, 0.15) is 88.5 Å². The van der Waals surface area contributed by atoms with Crippen LogP contribution in [0.15, 0.2) is 12.2 Å². The Bertz CT molecular complexity index is 623. The van der Waals surface area contributed by atoms with Gasteiger partial charge in [-0.05, 0) is 85.9 Å². The molecule has 0 rings (SSSR count). The molecule has 0 fully saturated rings. The first-order valence-corrected chi connectivity index (χ1v) is 14.2. The van der Waals surface area contributed by atoms with E-state index < -0.39 is 37.1 Å². The summed E-state index contributed by atoms with van der Waals surface area (Å²) in [5.74, 6) is -0.462. The Morgan fingerprint density at radius 3 is 1.84 bits per heavy atom. The predicted molar refractivity (Wildman–Crippen MR) is 130 cm³/mol. The van der Waals surface area contributed by atoms with Gasteiger partial charge in [-0.2, -0.15) is 0 Å². The molecule has 0 bridgehead atoms. The molecule has 0 aliphatic carbocycles. The van der Waals surface area contributed by atoms with Crippen molar-refractivity contribution in [3.05, 3.63) is 12.2 Å². The molecule has 182 valence electrons. The minimum atomic E-state index is -1.90. The lowest BCUT2D eigenvalue weighted by atomic mass is 9.89. The van der Waals surface area contributed by atoms with Crippen LogP contribution in [-0.4, -0.2) is 43.7 Å². The average molecular weight is 458 g/mol. The molecule has 0 aromatic heterocycles. The van der Waals surface area contributed by atoms with E-state index in [0.717, 1.165) is 0 Å². The number of carbonyl (C=O) groups excluding carboxylic acids is 2. The number of ether oxygens (including phenoxy) is 2. The van der Waals surface area contributed by atoms with E-state index in [9.17, 15) is 9.59 Å². The molecule has 1 N–H and O–H groups in total. The fourth-order valence-corrected chi connectivity index (χ4v) is 3.65. The van der Waals surface area contributed by atoms with Crippen molar-refractivity contribution in [2.24, 2.45) is 0 Å². The number of rotatable bonds is 9. The summed E-state index contributed by atoms with van der Waals surface area (Å²) >= 11 is 0. The molecule has 31 heavy (non-hydrogen) atoms. The largest absolute Gasteiger partial charge is 0.458 e. The van der Waals surface area contributed by atoms with Gasteiger partial charge in [0.1, 0.15) is 16.7 Å². The zero-order chi connectivity index (χ0) is 24.7. The fourth-order valence-electron chi connectivity index (χ4n) is 2.56. The third-order valence-corrected chi connectivity index (χ3v) is 9.79. The number of esters is 1. The van der Waals surface area contributed by atoms with Crippen LogP contribution < -0.4 is 5.32 Å². The molecule has 0 aliphatic heterocycles. The highest BCUT2D eigenvalue weighted by atomic mass is 28.4. The number of amides is 1. The first kappa shape index (κ1) is 29.7. The second-order valence-corrected chi connectivity index (χ2v) is 16.5. The lowest BCUT2D eigenvalue weighted by molar-refractivity contribution is -0.163. The van der Waals surface area contributed by atoms with Crippen molar-refractivity contribution in [3.63, 3.8) is 0 Å². The van der Waals surface area contributed by atoms with Crippen molar-refractivity contribution in [3.8, 4) is 0 Å². The molecule has 1 atom stereocenters. The third-order valence-electron chi connectivity index (χ3n) is 5.25. The van der Waals surface area contributed by atoms with Gasteiger partial charge in [-0.25, -0.2) is 9.59 Å². The van der Waals surface area contributed by atoms with Crippen molar-refractivity contribution in [1.29, 1.82) is 0 Å². The minimum absolute atomic E-state index is 0.106. The summed E-state index contributed by atoms with van der Waals surface area (Å²) in [5.41, 5.74) is -2.57. The van der Waals surface area contributed by atoms with Gasteiger partial charge in [-0.3, -0.25) is 0 Å². The van der Waals surface area contributed by atoms with Gasteiger partial charge in [0.05, 0.1) is 0 Å². The van der Waals surface area contributed by atoms with Crippen LogP contribution in [-0.2, 0) is 18.7 Å². The van der Waals surface area contributed by atoms with E-state index in [0.29, 0.717) is 25.9 Å². The number of hydrogen-bond donors (Lipinski definition) is 1. The highest BCUT2D eigenvalue weighted by Gasteiger charge is 2.43. The topological polar surface area (TPSA) is 73.9 Å². The summed E-state index contributed by atoms with van der Waals surface area (Å²) < 4.78 is 17.4. The monoisotopic (exact) mass is 457 g/mol. The van der Waals surface area contributed by atoms with Crippen LogP contribution in [0.25, 0.3) is 0 Å². The Hall–Kier alpha value is -1.34. The van der Waals surface area contributed by atoms with Crippen LogP contribution in [0, 0.1) is 0 Å². The number of carbonyl (C=O) groups is 2. The Morgan fingerprint density at radius 2 is 1.42 bits per heavy atom. The maximum absolute atomic E-state index is 13.3. The SMILES string of the molecule is C/C=C/CC(CCCO[Si](C)(C)C(C)(C)C)(NC(=O)OC(C)(C)C)C(=O)OC(C)(C)C. The molecule has 7 heteroatoms. The second kappa shape index (κ2) is 11.0. The predicted octanol–water partition coefficient (Wildman–Crippen LogP) is 6.36. The van der Waals surface area contributed by atoms with E-state index in [4.69, 9.17) is 13.9 Å². The number of nitrogens with one attached hydrogen (secondary N) is 1. The van der Waals surface area contributed by atoms with Gasteiger partial charge in [0, 0.05) is 6.61 Å². The molecule has 0 radical (unpaired) electrons. The Kier molecular flexibility index (Phi) is 10.5. The van der Waals surface area contributed by atoms with Crippen LogP contribution >= 0.6 is 0 Å². The average Bonchev–Trinajstić information content (AvgIpc) is 2.51. The molecule has 0 aromatic carbocycles. The van der Waals surface area contributed by atoms with Gasteiger partial charge < -0.3 is 19.2 Å². The zero-order valence-electron chi connectivity index (χ0n) is 22.0. The third kappa shape index (κ3) is 11.2. The van der Waals surface area contributed by atoms with Gasteiger partial charge in [-0.15, -0.1) is 0 Å². The molecule has 6 nitrogen and oxygen atoms in total. The van der Waals surface area contributed by atoms with Gasteiger partial charge >= 0.3 is 12.1 Å². The molecular weight excluding hydrogens is 410 g/mol.